The highest BCUT2D eigenvalue weighted by Crippen LogP contribution is 2.20. The highest BCUT2D eigenvalue weighted by molar-refractivity contribution is 6.07. The fraction of sp³-hybridized carbons (Fsp3) is 0.130. The van der Waals surface area contributed by atoms with Gasteiger partial charge in [0.25, 0.3) is 5.91 Å². The molecule has 0 saturated carbocycles. The van der Waals surface area contributed by atoms with E-state index in [0.717, 1.165) is 16.7 Å². The Kier molecular flexibility index (Phi) is 5.75. The number of hydrogen-bond donors (Lipinski definition) is 3. The summed E-state index contributed by atoms with van der Waals surface area (Å²) in [6, 6.07) is 19.9. The molecular formula is C23H23N3O2. The molecule has 3 amide bonds. The zero-order valence-electron chi connectivity index (χ0n) is 16.2. The first-order valence-electron chi connectivity index (χ1n) is 9.04. The number of para-hydroxylation sites is 1. The molecule has 0 heterocycles. The molecule has 0 atom stereocenters. The van der Waals surface area contributed by atoms with Gasteiger partial charge in [0.1, 0.15) is 0 Å². The quantitative estimate of drug-likeness (QED) is 0.564. The predicted octanol–water partition coefficient (Wildman–Crippen LogP) is 5.51. The second-order valence-electron chi connectivity index (χ2n) is 6.75. The first kappa shape index (κ1) is 19.2. The summed E-state index contributed by atoms with van der Waals surface area (Å²) < 4.78 is 0. The van der Waals surface area contributed by atoms with E-state index in [0.29, 0.717) is 22.6 Å². The van der Waals surface area contributed by atoms with Crippen molar-refractivity contribution in [2.45, 2.75) is 20.8 Å². The van der Waals surface area contributed by atoms with Crippen LogP contribution in [0.4, 0.5) is 21.9 Å². The average Bonchev–Trinajstić information content (AvgIpc) is 2.61. The Hall–Kier alpha value is -3.60. The number of hydrogen-bond acceptors (Lipinski definition) is 2. The van der Waals surface area contributed by atoms with Crippen molar-refractivity contribution < 1.29 is 9.59 Å². The van der Waals surface area contributed by atoms with Crippen LogP contribution in [0.1, 0.15) is 27.0 Å². The number of carbonyl (C=O) groups is 2. The van der Waals surface area contributed by atoms with E-state index < -0.39 is 0 Å². The number of carbonyl (C=O) groups excluding carboxylic acids is 2. The molecule has 5 nitrogen and oxygen atoms in total. The molecule has 0 bridgehead atoms. The minimum Gasteiger partial charge on any atom is -0.322 e. The van der Waals surface area contributed by atoms with Gasteiger partial charge in [-0.05, 0) is 62.2 Å². The third kappa shape index (κ3) is 4.76. The van der Waals surface area contributed by atoms with E-state index >= 15 is 0 Å². The van der Waals surface area contributed by atoms with Gasteiger partial charge >= 0.3 is 6.03 Å². The van der Waals surface area contributed by atoms with Gasteiger partial charge in [0, 0.05) is 22.6 Å². The summed E-state index contributed by atoms with van der Waals surface area (Å²) in [5.41, 5.74) is 5.58. The third-order valence-electron chi connectivity index (χ3n) is 4.31. The molecule has 3 N–H and O–H groups in total. The lowest BCUT2D eigenvalue weighted by atomic mass is 9.99. The van der Waals surface area contributed by atoms with Crippen molar-refractivity contribution in [2.75, 3.05) is 16.0 Å². The van der Waals surface area contributed by atoms with Crippen LogP contribution in [0.5, 0.6) is 0 Å². The standard InChI is InChI=1S/C23H23N3O2/c1-15-12-16(2)21(17(3)13-15)22(27)24-19-10-7-11-20(14-19)26-23(28)25-18-8-5-4-6-9-18/h4-14H,1-3H3,(H,24,27)(H2,25,26,28). The van der Waals surface area contributed by atoms with E-state index in [2.05, 4.69) is 16.0 Å². The van der Waals surface area contributed by atoms with Crippen molar-refractivity contribution in [1.82, 2.24) is 0 Å². The van der Waals surface area contributed by atoms with Gasteiger partial charge in [-0.3, -0.25) is 4.79 Å². The first-order chi connectivity index (χ1) is 13.4. The lowest BCUT2D eigenvalue weighted by Gasteiger charge is -2.13. The van der Waals surface area contributed by atoms with Crippen LogP contribution < -0.4 is 16.0 Å². The maximum absolute atomic E-state index is 12.7. The van der Waals surface area contributed by atoms with E-state index in [1.807, 2.05) is 63.2 Å². The van der Waals surface area contributed by atoms with Crippen molar-refractivity contribution in [2.24, 2.45) is 0 Å². The normalized spacial score (nSPS) is 10.2. The van der Waals surface area contributed by atoms with Gasteiger partial charge in [0.05, 0.1) is 0 Å². The van der Waals surface area contributed by atoms with Crippen LogP contribution in [0.3, 0.4) is 0 Å². The second-order valence-corrected chi connectivity index (χ2v) is 6.75. The molecule has 142 valence electrons. The van der Waals surface area contributed by atoms with Crippen LogP contribution in [0, 0.1) is 20.8 Å². The summed E-state index contributed by atoms with van der Waals surface area (Å²) in [7, 11) is 0. The molecular weight excluding hydrogens is 350 g/mol. The van der Waals surface area contributed by atoms with Gasteiger partial charge in [-0.2, -0.15) is 0 Å². The zero-order valence-corrected chi connectivity index (χ0v) is 16.2. The summed E-state index contributed by atoms with van der Waals surface area (Å²) in [6.45, 7) is 5.87. The largest absolute Gasteiger partial charge is 0.323 e. The van der Waals surface area contributed by atoms with Crippen molar-refractivity contribution >= 4 is 29.0 Å². The number of rotatable bonds is 4. The molecule has 0 saturated heterocycles. The maximum Gasteiger partial charge on any atom is 0.323 e. The minimum absolute atomic E-state index is 0.166. The molecule has 0 aliphatic rings. The summed E-state index contributed by atoms with van der Waals surface area (Å²) in [6.07, 6.45) is 0. The minimum atomic E-state index is -0.347. The Morgan fingerprint density at radius 2 is 1.18 bits per heavy atom. The number of amides is 3. The molecule has 0 aromatic heterocycles. The van der Waals surface area contributed by atoms with Crippen LogP contribution in [-0.4, -0.2) is 11.9 Å². The zero-order chi connectivity index (χ0) is 20.1. The van der Waals surface area contributed by atoms with Crippen LogP contribution in [0.15, 0.2) is 66.7 Å². The number of anilines is 3. The summed E-state index contributed by atoms with van der Waals surface area (Å²) in [5.74, 6) is -0.166. The second kappa shape index (κ2) is 8.39. The molecule has 0 radical (unpaired) electrons. The lowest BCUT2D eigenvalue weighted by Crippen LogP contribution is -2.19. The van der Waals surface area contributed by atoms with Gasteiger partial charge in [-0.1, -0.05) is 42.0 Å². The maximum atomic E-state index is 12.7. The Bertz CT molecular complexity index is 990. The SMILES string of the molecule is Cc1cc(C)c(C(=O)Nc2cccc(NC(=O)Nc3ccccc3)c2)c(C)c1. The summed E-state index contributed by atoms with van der Waals surface area (Å²) in [4.78, 5) is 24.9. The van der Waals surface area contributed by atoms with Gasteiger partial charge in [-0.15, -0.1) is 0 Å². The van der Waals surface area contributed by atoms with Gasteiger partial charge in [0.2, 0.25) is 0 Å². The van der Waals surface area contributed by atoms with Crippen molar-refractivity contribution in [3.63, 3.8) is 0 Å². The monoisotopic (exact) mass is 373 g/mol. The Morgan fingerprint density at radius 3 is 1.82 bits per heavy atom. The highest BCUT2D eigenvalue weighted by atomic mass is 16.2. The molecule has 3 aromatic carbocycles. The lowest BCUT2D eigenvalue weighted by molar-refractivity contribution is 0.102. The van der Waals surface area contributed by atoms with Crippen LogP contribution in [0.25, 0.3) is 0 Å². The molecule has 3 rings (SSSR count). The van der Waals surface area contributed by atoms with Crippen molar-refractivity contribution in [1.29, 1.82) is 0 Å². The van der Waals surface area contributed by atoms with E-state index in [1.165, 1.54) is 0 Å². The molecule has 3 aromatic rings. The average molecular weight is 373 g/mol. The topological polar surface area (TPSA) is 70.2 Å². The van der Waals surface area contributed by atoms with Crippen molar-refractivity contribution in [3.8, 4) is 0 Å². The van der Waals surface area contributed by atoms with Crippen LogP contribution in [0.2, 0.25) is 0 Å². The first-order valence-corrected chi connectivity index (χ1v) is 9.04. The molecule has 5 heteroatoms. The molecule has 0 aliphatic heterocycles. The fourth-order valence-corrected chi connectivity index (χ4v) is 3.22. The Balaban J connectivity index is 1.70. The summed E-state index contributed by atoms with van der Waals surface area (Å²) >= 11 is 0. The third-order valence-corrected chi connectivity index (χ3v) is 4.31. The molecule has 0 unspecified atom stereocenters. The van der Waals surface area contributed by atoms with E-state index in [4.69, 9.17) is 0 Å². The number of aryl methyl sites for hydroxylation is 3. The smallest absolute Gasteiger partial charge is 0.322 e. The van der Waals surface area contributed by atoms with Gasteiger partial charge in [-0.25, -0.2) is 4.79 Å². The van der Waals surface area contributed by atoms with E-state index in [-0.39, 0.29) is 11.9 Å². The number of nitrogens with one attached hydrogen (secondary N) is 3. The van der Waals surface area contributed by atoms with Gasteiger partial charge < -0.3 is 16.0 Å². The van der Waals surface area contributed by atoms with E-state index in [9.17, 15) is 9.59 Å². The van der Waals surface area contributed by atoms with Crippen LogP contribution in [-0.2, 0) is 0 Å². The number of urea groups is 1. The highest BCUT2D eigenvalue weighted by Gasteiger charge is 2.13. The molecule has 0 spiro atoms. The predicted molar refractivity (Wildman–Crippen MR) is 114 cm³/mol. The van der Waals surface area contributed by atoms with E-state index in [1.54, 1.807) is 24.3 Å². The Morgan fingerprint density at radius 1 is 0.643 bits per heavy atom. The molecule has 0 fully saturated rings. The van der Waals surface area contributed by atoms with Crippen LogP contribution >= 0.6 is 0 Å². The summed E-state index contributed by atoms with van der Waals surface area (Å²) in [5, 5.41) is 8.44. The molecule has 0 aliphatic carbocycles. The Labute approximate surface area is 164 Å². The molecule has 28 heavy (non-hydrogen) atoms. The van der Waals surface area contributed by atoms with Gasteiger partial charge in [0.15, 0.2) is 0 Å². The number of benzene rings is 3. The fourth-order valence-electron chi connectivity index (χ4n) is 3.22. The van der Waals surface area contributed by atoms with Crippen molar-refractivity contribution in [3.05, 3.63) is 89.0 Å².